The number of carbonyl (C=O) groups is 2. The Bertz CT molecular complexity index is 865. The highest BCUT2D eigenvalue weighted by molar-refractivity contribution is 5.90. The highest BCUT2D eigenvalue weighted by Gasteiger charge is 2.10. The van der Waals surface area contributed by atoms with Crippen LogP contribution in [0.3, 0.4) is 0 Å². The molecule has 0 aliphatic heterocycles. The molecule has 2 unspecified atom stereocenters. The molecule has 0 bridgehead atoms. The lowest BCUT2D eigenvalue weighted by Gasteiger charge is -2.15. The molecular formula is C31H44O5. The van der Waals surface area contributed by atoms with E-state index in [-0.39, 0.29) is 11.7 Å². The predicted molar refractivity (Wildman–Crippen MR) is 147 cm³/mol. The average molecular weight is 497 g/mol. The van der Waals surface area contributed by atoms with Gasteiger partial charge in [0, 0.05) is 6.08 Å². The zero-order valence-electron chi connectivity index (χ0n) is 22.4. The van der Waals surface area contributed by atoms with Crippen LogP contribution in [0.4, 0.5) is 0 Å². The number of hydrogen-bond donors (Lipinski definition) is 0. The van der Waals surface area contributed by atoms with Gasteiger partial charge >= 0.3 is 11.9 Å². The number of hydrogen-bond acceptors (Lipinski definition) is 5. The van der Waals surface area contributed by atoms with Gasteiger partial charge < -0.3 is 14.2 Å². The summed E-state index contributed by atoms with van der Waals surface area (Å²) in [5.74, 6) is 1.24. The van der Waals surface area contributed by atoms with E-state index in [1.54, 1.807) is 30.3 Å². The molecule has 0 saturated carbocycles. The zero-order valence-corrected chi connectivity index (χ0v) is 22.4. The van der Waals surface area contributed by atoms with E-state index in [4.69, 9.17) is 14.2 Å². The van der Waals surface area contributed by atoms with Gasteiger partial charge in [-0.3, -0.25) is 0 Å². The highest BCUT2D eigenvalue weighted by Crippen LogP contribution is 2.22. The first kappa shape index (κ1) is 31.0. The summed E-state index contributed by atoms with van der Waals surface area (Å²) in [6, 6.07) is 6.88. The van der Waals surface area contributed by atoms with E-state index in [0.29, 0.717) is 30.4 Å². The molecule has 36 heavy (non-hydrogen) atoms. The number of carbonyl (C=O) groups excluding carboxylic acids is 2. The molecule has 0 N–H and O–H groups in total. The van der Waals surface area contributed by atoms with Gasteiger partial charge in [0.1, 0.15) is 11.5 Å². The average Bonchev–Trinajstić information content (AvgIpc) is 2.87. The third-order valence-electron chi connectivity index (χ3n) is 6.02. The molecular weight excluding hydrogens is 452 g/mol. The van der Waals surface area contributed by atoms with Gasteiger partial charge in [0.2, 0.25) is 0 Å². The summed E-state index contributed by atoms with van der Waals surface area (Å²) >= 11 is 0. The molecule has 2 atom stereocenters. The number of rotatable bonds is 19. The molecule has 198 valence electrons. The van der Waals surface area contributed by atoms with Crippen molar-refractivity contribution < 1.29 is 23.8 Å². The summed E-state index contributed by atoms with van der Waals surface area (Å²) in [4.78, 5) is 23.4. The fourth-order valence-corrected chi connectivity index (χ4v) is 3.60. The van der Waals surface area contributed by atoms with Crippen molar-refractivity contribution in [3.05, 3.63) is 79.1 Å². The standard InChI is InChI=1S/C31H44O5/c1-7-13-24(3)14-15-25(4)26(5)16-17-27(6)36-31(33)28-18-20-29(21-19-28)34-22-11-9-10-12-23-35-30(32)8-2/h8,16-21,24-25H,2,5-7,9-15,22-23H2,1,3-4H3/b17-16-. The van der Waals surface area contributed by atoms with Crippen LogP contribution in [-0.2, 0) is 14.3 Å². The van der Waals surface area contributed by atoms with Crippen LogP contribution in [-0.4, -0.2) is 25.2 Å². The molecule has 5 heteroatoms. The molecule has 5 nitrogen and oxygen atoms in total. The monoisotopic (exact) mass is 496 g/mol. The molecule has 0 aromatic heterocycles. The summed E-state index contributed by atoms with van der Waals surface area (Å²) in [7, 11) is 0. The summed E-state index contributed by atoms with van der Waals surface area (Å²) in [5.41, 5.74) is 1.44. The zero-order chi connectivity index (χ0) is 26.8. The van der Waals surface area contributed by atoms with Crippen LogP contribution in [0.2, 0.25) is 0 Å². The van der Waals surface area contributed by atoms with Crippen LogP contribution >= 0.6 is 0 Å². The first-order valence-corrected chi connectivity index (χ1v) is 13.1. The van der Waals surface area contributed by atoms with Crippen LogP contribution in [0.1, 0.15) is 82.5 Å². The Morgan fingerprint density at radius 1 is 0.917 bits per heavy atom. The van der Waals surface area contributed by atoms with Gasteiger partial charge in [-0.05, 0) is 74.3 Å². The molecule has 0 heterocycles. The second kappa shape index (κ2) is 18.2. The van der Waals surface area contributed by atoms with E-state index in [9.17, 15) is 9.59 Å². The van der Waals surface area contributed by atoms with Crippen LogP contribution in [0.25, 0.3) is 0 Å². The van der Waals surface area contributed by atoms with Gasteiger partial charge in [-0.25, -0.2) is 9.59 Å². The molecule has 0 spiro atoms. The summed E-state index contributed by atoms with van der Waals surface area (Å²) in [6.45, 7) is 19.0. The maximum atomic E-state index is 12.4. The number of ether oxygens (including phenoxy) is 3. The Morgan fingerprint density at radius 2 is 1.58 bits per heavy atom. The minimum absolute atomic E-state index is 0.285. The minimum Gasteiger partial charge on any atom is -0.494 e. The van der Waals surface area contributed by atoms with Crippen LogP contribution in [0, 0.1) is 11.8 Å². The van der Waals surface area contributed by atoms with Gasteiger partial charge in [0.15, 0.2) is 0 Å². The number of unbranched alkanes of at least 4 members (excludes halogenated alkanes) is 3. The predicted octanol–water partition coefficient (Wildman–Crippen LogP) is 7.99. The van der Waals surface area contributed by atoms with Crippen molar-refractivity contribution in [1.29, 1.82) is 0 Å². The van der Waals surface area contributed by atoms with Crippen LogP contribution in [0.15, 0.2) is 73.6 Å². The number of allylic oxidation sites excluding steroid dienone is 3. The van der Waals surface area contributed by atoms with E-state index >= 15 is 0 Å². The second-order valence-electron chi connectivity index (χ2n) is 9.29. The molecule has 0 fully saturated rings. The second-order valence-corrected chi connectivity index (χ2v) is 9.29. The quantitative estimate of drug-likeness (QED) is 0.0638. The summed E-state index contributed by atoms with van der Waals surface area (Å²) < 4.78 is 16.0. The van der Waals surface area contributed by atoms with Crippen molar-refractivity contribution in [3.63, 3.8) is 0 Å². The minimum atomic E-state index is -0.458. The van der Waals surface area contributed by atoms with Gasteiger partial charge in [-0.15, -0.1) is 0 Å². The number of benzene rings is 1. The van der Waals surface area contributed by atoms with E-state index in [1.807, 2.05) is 6.08 Å². The normalized spacial score (nSPS) is 12.5. The van der Waals surface area contributed by atoms with Crippen LogP contribution < -0.4 is 4.74 Å². The highest BCUT2D eigenvalue weighted by atomic mass is 16.5. The molecule has 0 saturated heterocycles. The van der Waals surface area contributed by atoms with E-state index < -0.39 is 5.97 Å². The number of esters is 2. The Labute approximate surface area is 217 Å². The van der Waals surface area contributed by atoms with Crippen molar-refractivity contribution in [2.75, 3.05) is 13.2 Å². The Balaban J connectivity index is 2.31. The van der Waals surface area contributed by atoms with Crippen molar-refractivity contribution in [1.82, 2.24) is 0 Å². The SMILES string of the molecule is C=CC(=O)OCCCCCCOc1ccc(C(=O)OC(=C)/C=C\C(=C)C(C)CCC(C)CCC)cc1. The Kier molecular flexibility index (Phi) is 15.7. The topological polar surface area (TPSA) is 61.8 Å². The van der Waals surface area contributed by atoms with Gasteiger partial charge in [0.25, 0.3) is 0 Å². The van der Waals surface area contributed by atoms with Gasteiger partial charge in [0.05, 0.1) is 18.8 Å². The Morgan fingerprint density at radius 3 is 2.22 bits per heavy atom. The molecule has 0 aliphatic carbocycles. The third kappa shape index (κ3) is 13.7. The molecule has 1 aromatic carbocycles. The van der Waals surface area contributed by atoms with Crippen molar-refractivity contribution >= 4 is 11.9 Å². The van der Waals surface area contributed by atoms with Crippen molar-refractivity contribution in [3.8, 4) is 5.75 Å². The lowest BCUT2D eigenvalue weighted by Crippen LogP contribution is -2.04. The fraction of sp³-hybridized carbons (Fsp3) is 0.484. The fourth-order valence-electron chi connectivity index (χ4n) is 3.60. The molecule has 0 aliphatic rings. The third-order valence-corrected chi connectivity index (χ3v) is 6.02. The lowest BCUT2D eigenvalue weighted by atomic mass is 9.91. The molecule has 0 amide bonds. The van der Waals surface area contributed by atoms with Crippen LogP contribution in [0.5, 0.6) is 5.75 Å². The molecule has 1 rings (SSSR count). The van der Waals surface area contributed by atoms with E-state index in [0.717, 1.165) is 43.6 Å². The van der Waals surface area contributed by atoms with Gasteiger partial charge in [-0.1, -0.05) is 71.4 Å². The van der Waals surface area contributed by atoms with Crippen molar-refractivity contribution in [2.45, 2.75) is 72.1 Å². The molecule has 0 radical (unpaired) electrons. The maximum absolute atomic E-state index is 12.4. The Hall–Kier alpha value is -3.08. The first-order valence-electron chi connectivity index (χ1n) is 13.1. The van der Waals surface area contributed by atoms with E-state index in [2.05, 4.69) is 40.5 Å². The van der Waals surface area contributed by atoms with Gasteiger partial charge in [-0.2, -0.15) is 0 Å². The smallest absolute Gasteiger partial charge is 0.343 e. The summed E-state index contributed by atoms with van der Waals surface area (Å²) in [5, 5.41) is 0. The molecule has 1 aromatic rings. The largest absolute Gasteiger partial charge is 0.494 e. The maximum Gasteiger partial charge on any atom is 0.343 e. The lowest BCUT2D eigenvalue weighted by molar-refractivity contribution is -0.137. The van der Waals surface area contributed by atoms with Crippen molar-refractivity contribution in [2.24, 2.45) is 11.8 Å². The van der Waals surface area contributed by atoms with E-state index in [1.165, 1.54) is 25.3 Å². The summed E-state index contributed by atoms with van der Waals surface area (Å²) in [6.07, 6.45) is 13.2. The first-order chi connectivity index (χ1) is 17.3.